The predicted octanol–water partition coefficient (Wildman–Crippen LogP) is 5.60. The van der Waals surface area contributed by atoms with E-state index in [9.17, 15) is 8.42 Å². The number of aromatic nitrogens is 4. The number of hydrogen-bond donors (Lipinski definition) is 0. The van der Waals surface area contributed by atoms with Crippen LogP contribution in [0.25, 0.3) is 28.5 Å². The second kappa shape index (κ2) is 8.03. The third-order valence-electron chi connectivity index (χ3n) is 4.68. The normalized spacial score (nSPS) is 12.3. The molecule has 7 nitrogen and oxygen atoms in total. The van der Waals surface area contributed by atoms with Crippen molar-refractivity contribution in [2.45, 2.75) is 31.1 Å². The first kappa shape index (κ1) is 22.5. The molecule has 0 radical (unpaired) electrons. The molecule has 0 saturated heterocycles. The fourth-order valence-corrected chi connectivity index (χ4v) is 4.55. The van der Waals surface area contributed by atoms with Gasteiger partial charge in [0.2, 0.25) is 5.89 Å². The Morgan fingerprint density at radius 1 is 0.969 bits per heavy atom. The first-order valence-electron chi connectivity index (χ1n) is 9.65. The van der Waals surface area contributed by atoms with Crippen LogP contribution in [-0.2, 0) is 15.3 Å². The van der Waals surface area contributed by atoms with Gasteiger partial charge in [-0.25, -0.2) is 13.1 Å². The van der Waals surface area contributed by atoms with Crippen LogP contribution >= 0.6 is 23.2 Å². The van der Waals surface area contributed by atoms with Crippen molar-refractivity contribution in [1.29, 1.82) is 0 Å². The fourth-order valence-electron chi connectivity index (χ4n) is 3.18. The van der Waals surface area contributed by atoms with Gasteiger partial charge in [-0.1, -0.05) is 68.2 Å². The van der Waals surface area contributed by atoms with Gasteiger partial charge in [0.25, 0.3) is 5.89 Å². The summed E-state index contributed by atoms with van der Waals surface area (Å²) >= 11 is 12.5. The van der Waals surface area contributed by atoms with E-state index in [0.29, 0.717) is 32.9 Å². The van der Waals surface area contributed by atoms with Crippen molar-refractivity contribution < 1.29 is 12.8 Å². The Morgan fingerprint density at radius 2 is 1.62 bits per heavy atom. The van der Waals surface area contributed by atoms with Crippen LogP contribution in [-0.4, -0.2) is 34.7 Å². The molecule has 4 aromatic rings. The van der Waals surface area contributed by atoms with Crippen LogP contribution in [0.3, 0.4) is 0 Å². The Hall–Kier alpha value is -2.68. The van der Waals surface area contributed by atoms with E-state index in [1.807, 2.05) is 20.8 Å². The minimum atomic E-state index is -3.78. The lowest BCUT2D eigenvalue weighted by Crippen LogP contribution is -2.11. The van der Waals surface area contributed by atoms with Gasteiger partial charge in [0.1, 0.15) is 4.90 Å². The molecular formula is C22H20Cl2N4O3S. The van der Waals surface area contributed by atoms with Gasteiger partial charge < -0.3 is 4.42 Å². The molecule has 0 bridgehead atoms. The van der Waals surface area contributed by atoms with Crippen LogP contribution in [0.5, 0.6) is 0 Å². The number of halogens is 2. The Balaban J connectivity index is 2.10. The molecule has 2 aromatic heterocycles. The van der Waals surface area contributed by atoms with Gasteiger partial charge in [-0.2, -0.15) is 5.10 Å². The van der Waals surface area contributed by atoms with Gasteiger partial charge in [0, 0.05) is 22.3 Å². The van der Waals surface area contributed by atoms with E-state index in [0.717, 1.165) is 6.26 Å². The maximum absolute atomic E-state index is 13.0. The summed E-state index contributed by atoms with van der Waals surface area (Å²) in [5.41, 5.74) is 1.05. The van der Waals surface area contributed by atoms with Gasteiger partial charge in [0.05, 0.1) is 16.4 Å². The summed E-state index contributed by atoms with van der Waals surface area (Å²) < 4.78 is 33.4. The van der Waals surface area contributed by atoms with E-state index in [2.05, 4.69) is 15.3 Å². The first-order chi connectivity index (χ1) is 15.0. The van der Waals surface area contributed by atoms with E-state index in [-0.39, 0.29) is 16.5 Å². The van der Waals surface area contributed by atoms with Crippen LogP contribution in [0, 0.1) is 0 Å². The molecule has 32 heavy (non-hydrogen) atoms. The van der Waals surface area contributed by atoms with Crippen molar-refractivity contribution in [3.05, 3.63) is 64.5 Å². The molecule has 4 rings (SSSR count). The molecule has 10 heteroatoms. The molecule has 0 fully saturated rings. The molecule has 0 spiro atoms. The summed E-state index contributed by atoms with van der Waals surface area (Å²) in [6.45, 7) is 5.76. The number of hydrogen-bond acceptors (Lipinski definition) is 6. The highest BCUT2D eigenvalue weighted by Crippen LogP contribution is 2.39. The second-order valence-corrected chi connectivity index (χ2v) is 11.1. The number of rotatable bonds is 4. The molecule has 0 N–H and O–H groups in total. The van der Waals surface area contributed by atoms with Crippen molar-refractivity contribution in [3.63, 3.8) is 0 Å². The molecule has 0 saturated carbocycles. The Labute approximate surface area is 195 Å². The Kier molecular flexibility index (Phi) is 5.65. The van der Waals surface area contributed by atoms with Crippen molar-refractivity contribution >= 4 is 33.0 Å². The van der Waals surface area contributed by atoms with E-state index >= 15 is 0 Å². The SMILES string of the molecule is CC(C)(C)c1nnc(-c2nn(-c3ccccc3Cl)c(-c3ccc(Cl)cc3)c2S(C)(=O)=O)o1. The summed E-state index contributed by atoms with van der Waals surface area (Å²) in [4.78, 5) is -0.0381. The summed E-state index contributed by atoms with van der Waals surface area (Å²) in [6, 6.07) is 13.8. The topological polar surface area (TPSA) is 90.9 Å². The summed E-state index contributed by atoms with van der Waals surface area (Å²) in [6.07, 6.45) is 1.12. The molecule has 0 unspecified atom stereocenters. The van der Waals surface area contributed by atoms with Crippen LogP contribution in [0.4, 0.5) is 0 Å². The van der Waals surface area contributed by atoms with Crippen molar-refractivity contribution in [2.24, 2.45) is 0 Å². The zero-order valence-electron chi connectivity index (χ0n) is 17.8. The highest BCUT2D eigenvalue weighted by atomic mass is 35.5. The Morgan fingerprint density at radius 3 is 2.19 bits per heavy atom. The lowest BCUT2D eigenvalue weighted by atomic mass is 9.97. The molecule has 166 valence electrons. The van der Waals surface area contributed by atoms with E-state index in [1.54, 1.807) is 48.5 Å². The average Bonchev–Trinajstić information content (AvgIpc) is 3.33. The third-order valence-corrected chi connectivity index (χ3v) is 6.38. The summed E-state index contributed by atoms with van der Waals surface area (Å²) in [5.74, 6) is 0.378. The maximum atomic E-state index is 13.0. The minimum Gasteiger partial charge on any atom is -0.419 e. The monoisotopic (exact) mass is 490 g/mol. The van der Waals surface area contributed by atoms with Crippen LogP contribution in [0.15, 0.2) is 57.8 Å². The lowest BCUT2D eigenvalue weighted by molar-refractivity contribution is 0.398. The van der Waals surface area contributed by atoms with Crippen molar-refractivity contribution in [1.82, 2.24) is 20.0 Å². The standard InChI is InChI=1S/C22H20Cl2N4O3S/c1-22(2,3)21-26-25-20(31-21)17-19(32(4,29)30)18(13-9-11-14(23)12-10-13)28(27-17)16-8-6-5-7-15(16)24/h5-12H,1-4H3. The number of sulfone groups is 1. The van der Waals surface area contributed by atoms with Gasteiger partial charge in [-0.05, 0) is 24.3 Å². The highest BCUT2D eigenvalue weighted by Gasteiger charge is 2.32. The molecular weight excluding hydrogens is 471 g/mol. The smallest absolute Gasteiger partial charge is 0.269 e. The molecule has 0 aliphatic heterocycles. The van der Waals surface area contributed by atoms with Gasteiger partial charge in [0.15, 0.2) is 15.5 Å². The molecule has 0 atom stereocenters. The number of benzene rings is 2. The molecule has 0 aliphatic rings. The van der Waals surface area contributed by atoms with Crippen LogP contribution in [0.1, 0.15) is 26.7 Å². The molecule has 0 amide bonds. The van der Waals surface area contributed by atoms with Gasteiger partial charge in [-0.3, -0.25) is 0 Å². The Bertz CT molecular complexity index is 1400. The largest absolute Gasteiger partial charge is 0.419 e. The predicted molar refractivity (Wildman–Crippen MR) is 124 cm³/mol. The van der Waals surface area contributed by atoms with E-state index in [4.69, 9.17) is 27.6 Å². The third kappa shape index (κ3) is 4.18. The first-order valence-corrected chi connectivity index (χ1v) is 12.3. The highest BCUT2D eigenvalue weighted by molar-refractivity contribution is 7.91. The fraction of sp³-hybridized carbons (Fsp3) is 0.227. The average molecular weight is 491 g/mol. The molecule has 2 aromatic carbocycles. The van der Waals surface area contributed by atoms with Crippen LogP contribution in [0.2, 0.25) is 10.0 Å². The zero-order chi connectivity index (χ0) is 23.3. The van der Waals surface area contributed by atoms with Gasteiger partial charge >= 0.3 is 0 Å². The van der Waals surface area contributed by atoms with E-state index in [1.165, 1.54) is 4.68 Å². The number of para-hydroxylation sites is 1. The minimum absolute atomic E-state index is 0.0105. The summed E-state index contributed by atoms with van der Waals surface area (Å²) in [7, 11) is -3.78. The molecule has 0 aliphatic carbocycles. The maximum Gasteiger partial charge on any atom is 0.269 e. The van der Waals surface area contributed by atoms with Crippen LogP contribution < -0.4 is 0 Å². The van der Waals surface area contributed by atoms with E-state index < -0.39 is 15.3 Å². The van der Waals surface area contributed by atoms with Gasteiger partial charge in [-0.15, -0.1) is 10.2 Å². The molecule has 2 heterocycles. The van der Waals surface area contributed by atoms with Crippen molar-refractivity contribution in [2.75, 3.05) is 6.26 Å². The second-order valence-electron chi connectivity index (χ2n) is 8.33. The zero-order valence-corrected chi connectivity index (χ0v) is 20.1. The lowest BCUT2D eigenvalue weighted by Gasteiger charge is -2.11. The number of nitrogens with zero attached hydrogens (tertiary/aromatic N) is 4. The quantitative estimate of drug-likeness (QED) is 0.369. The van der Waals surface area contributed by atoms with Crippen molar-refractivity contribution in [3.8, 4) is 28.5 Å². The summed E-state index contributed by atoms with van der Waals surface area (Å²) in [5, 5.41) is 13.7.